The maximum absolute atomic E-state index is 11.7. The van der Waals surface area contributed by atoms with Gasteiger partial charge in [-0.05, 0) is 49.2 Å². The van der Waals surface area contributed by atoms with Crippen LogP contribution in [0.3, 0.4) is 0 Å². The number of halogens is 1. The Morgan fingerprint density at radius 2 is 1.52 bits per heavy atom. The molecule has 0 aliphatic carbocycles. The van der Waals surface area contributed by atoms with Gasteiger partial charge >= 0.3 is 0 Å². The van der Waals surface area contributed by atoms with Gasteiger partial charge < -0.3 is 0 Å². The molecule has 0 saturated heterocycles. The second kappa shape index (κ2) is 6.58. The average Bonchev–Trinajstić information content (AvgIpc) is 2.57. The molecule has 0 spiro atoms. The second-order valence-corrected chi connectivity index (χ2v) is 8.36. The number of hydrogen-bond acceptors (Lipinski definition) is 4. The molecule has 0 N–H and O–H groups in total. The van der Waals surface area contributed by atoms with Crippen molar-refractivity contribution in [3.05, 3.63) is 65.1 Å². The van der Waals surface area contributed by atoms with E-state index in [2.05, 4.69) is 9.97 Å². The second-order valence-electron chi connectivity index (χ2n) is 5.94. The minimum Gasteiger partial charge on any atom is -0.261 e. The Balaban J connectivity index is 2.21. The summed E-state index contributed by atoms with van der Waals surface area (Å²) < 4.78 is 23.4. The van der Waals surface area contributed by atoms with Crippen molar-refractivity contribution in [3.8, 4) is 22.4 Å². The summed E-state index contributed by atoms with van der Waals surface area (Å²) in [6, 6.07) is 10.7. The Morgan fingerprint density at radius 1 is 0.880 bits per heavy atom. The smallest absolute Gasteiger partial charge is 0.175 e. The van der Waals surface area contributed by atoms with E-state index in [0.29, 0.717) is 5.02 Å². The van der Waals surface area contributed by atoms with Crippen molar-refractivity contribution >= 4 is 21.4 Å². The summed E-state index contributed by atoms with van der Waals surface area (Å²) in [5.41, 5.74) is 5.19. The minimum absolute atomic E-state index is 0.280. The van der Waals surface area contributed by atoms with Crippen molar-refractivity contribution in [2.45, 2.75) is 18.7 Å². The molecule has 4 nitrogen and oxygen atoms in total. The molecule has 0 bridgehead atoms. The quantitative estimate of drug-likeness (QED) is 0.679. The van der Waals surface area contributed by atoms with Gasteiger partial charge in [0.15, 0.2) is 9.84 Å². The predicted molar refractivity (Wildman–Crippen MR) is 100 cm³/mol. The van der Waals surface area contributed by atoms with Gasteiger partial charge in [0.2, 0.25) is 0 Å². The normalized spacial score (nSPS) is 11.5. The Kier molecular flexibility index (Phi) is 4.62. The molecule has 25 heavy (non-hydrogen) atoms. The van der Waals surface area contributed by atoms with Crippen molar-refractivity contribution in [1.29, 1.82) is 0 Å². The number of sulfone groups is 1. The lowest BCUT2D eigenvalue weighted by atomic mass is 9.96. The zero-order chi connectivity index (χ0) is 18.2. The Bertz CT molecular complexity index is 1030. The molecule has 0 unspecified atom stereocenters. The van der Waals surface area contributed by atoms with E-state index in [0.717, 1.165) is 33.6 Å². The van der Waals surface area contributed by atoms with Gasteiger partial charge in [0, 0.05) is 35.5 Å². The highest BCUT2D eigenvalue weighted by Crippen LogP contribution is 2.36. The van der Waals surface area contributed by atoms with Crippen molar-refractivity contribution in [2.75, 3.05) is 6.26 Å². The molecule has 0 radical (unpaired) electrons. The molecule has 6 heteroatoms. The fraction of sp³-hybridized carbons (Fsp3) is 0.158. The molecule has 0 aliphatic heterocycles. The maximum atomic E-state index is 11.7. The third kappa shape index (κ3) is 3.57. The molecule has 0 aliphatic rings. The van der Waals surface area contributed by atoms with Gasteiger partial charge in [-0.3, -0.25) is 9.97 Å². The Hall–Kier alpha value is -2.24. The molecular formula is C19H17ClN2O2S. The molecule has 2 aromatic heterocycles. The summed E-state index contributed by atoms with van der Waals surface area (Å²) in [6.07, 6.45) is 4.59. The van der Waals surface area contributed by atoms with E-state index in [1.807, 2.05) is 26.0 Å². The number of rotatable bonds is 3. The van der Waals surface area contributed by atoms with Crippen LogP contribution in [0, 0.1) is 13.8 Å². The number of pyridine rings is 2. The highest BCUT2D eigenvalue weighted by atomic mass is 35.5. The number of nitrogens with zero attached hydrogens (tertiary/aromatic N) is 2. The van der Waals surface area contributed by atoms with E-state index >= 15 is 0 Å². The van der Waals surface area contributed by atoms with Gasteiger partial charge in [-0.15, -0.1) is 0 Å². The van der Waals surface area contributed by atoms with Crippen LogP contribution in [-0.4, -0.2) is 24.6 Å². The first-order chi connectivity index (χ1) is 11.8. The topological polar surface area (TPSA) is 59.9 Å². The fourth-order valence-electron chi connectivity index (χ4n) is 2.63. The Labute approximate surface area is 152 Å². The van der Waals surface area contributed by atoms with Crippen LogP contribution in [0.5, 0.6) is 0 Å². The molecule has 128 valence electrons. The van der Waals surface area contributed by atoms with Crippen LogP contribution in [0.1, 0.15) is 11.3 Å². The zero-order valence-electron chi connectivity index (χ0n) is 14.1. The van der Waals surface area contributed by atoms with Crippen LogP contribution in [0.15, 0.2) is 53.7 Å². The van der Waals surface area contributed by atoms with Crippen molar-refractivity contribution in [1.82, 2.24) is 9.97 Å². The van der Waals surface area contributed by atoms with Crippen LogP contribution in [-0.2, 0) is 9.84 Å². The summed E-state index contributed by atoms with van der Waals surface area (Å²) in [5.74, 6) is 0. The molecule has 0 fully saturated rings. The first-order valence-corrected chi connectivity index (χ1v) is 9.93. The third-order valence-electron chi connectivity index (χ3n) is 4.03. The van der Waals surface area contributed by atoms with Gasteiger partial charge in [-0.1, -0.05) is 23.7 Å². The van der Waals surface area contributed by atoms with Gasteiger partial charge in [0.25, 0.3) is 0 Å². The summed E-state index contributed by atoms with van der Waals surface area (Å²) in [6.45, 7) is 3.85. The molecule has 1 aromatic carbocycles. The first-order valence-electron chi connectivity index (χ1n) is 7.66. The number of benzene rings is 1. The fourth-order valence-corrected chi connectivity index (χ4v) is 3.40. The standard InChI is InChI=1S/C19H17ClN2O2S/c1-12-4-5-15(10-21-12)19-18(13(2)17(20)11-22-19)14-6-8-16(9-7-14)25(3,23)24/h4-11H,1-3H3. The van der Waals surface area contributed by atoms with Gasteiger partial charge in [-0.2, -0.15) is 0 Å². The highest BCUT2D eigenvalue weighted by Gasteiger charge is 2.16. The summed E-state index contributed by atoms with van der Waals surface area (Å²) >= 11 is 6.28. The van der Waals surface area contributed by atoms with Crippen LogP contribution < -0.4 is 0 Å². The van der Waals surface area contributed by atoms with E-state index in [1.165, 1.54) is 6.26 Å². The highest BCUT2D eigenvalue weighted by molar-refractivity contribution is 7.90. The van der Waals surface area contributed by atoms with Crippen LogP contribution in [0.2, 0.25) is 5.02 Å². The van der Waals surface area contributed by atoms with Crippen molar-refractivity contribution in [2.24, 2.45) is 0 Å². The lowest BCUT2D eigenvalue weighted by Gasteiger charge is -2.14. The van der Waals surface area contributed by atoms with Crippen LogP contribution >= 0.6 is 11.6 Å². The lowest BCUT2D eigenvalue weighted by molar-refractivity contribution is 0.602. The predicted octanol–water partition coefficient (Wildman–Crippen LogP) is 4.48. The van der Waals surface area contributed by atoms with Gasteiger partial charge in [0.05, 0.1) is 15.6 Å². The van der Waals surface area contributed by atoms with E-state index in [1.54, 1.807) is 36.7 Å². The molecule has 0 saturated carbocycles. The van der Waals surface area contributed by atoms with E-state index in [9.17, 15) is 8.42 Å². The van der Waals surface area contributed by atoms with Gasteiger partial charge in [0.1, 0.15) is 0 Å². The van der Waals surface area contributed by atoms with Crippen molar-refractivity contribution in [3.63, 3.8) is 0 Å². The molecule has 3 aromatic rings. The third-order valence-corrected chi connectivity index (χ3v) is 5.54. The lowest BCUT2D eigenvalue weighted by Crippen LogP contribution is -1.98. The first kappa shape index (κ1) is 17.6. The SMILES string of the molecule is Cc1ccc(-c2ncc(Cl)c(C)c2-c2ccc(S(C)(=O)=O)cc2)cn1. The largest absolute Gasteiger partial charge is 0.261 e. The average molecular weight is 373 g/mol. The van der Waals surface area contributed by atoms with E-state index in [-0.39, 0.29) is 4.90 Å². The van der Waals surface area contributed by atoms with E-state index < -0.39 is 9.84 Å². The number of aromatic nitrogens is 2. The molecule has 2 heterocycles. The van der Waals surface area contributed by atoms with Crippen molar-refractivity contribution < 1.29 is 8.42 Å². The molecular weight excluding hydrogens is 356 g/mol. The number of aryl methyl sites for hydroxylation is 1. The molecule has 0 amide bonds. The van der Waals surface area contributed by atoms with Crippen LogP contribution in [0.25, 0.3) is 22.4 Å². The minimum atomic E-state index is -3.24. The Morgan fingerprint density at radius 3 is 2.08 bits per heavy atom. The summed E-state index contributed by atoms with van der Waals surface area (Å²) in [5, 5.41) is 0.561. The molecule has 0 atom stereocenters. The summed E-state index contributed by atoms with van der Waals surface area (Å²) in [7, 11) is -3.24. The van der Waals surface area contributed by atoms with Gasteiger partial charge in [-0.25, -0.2) is 8.42 Å². The monoisotopic (exact) mass is 372 g/mol. The zero-order valence-corrected chi connectivity index (χ0v) is 15.7. The summed E-state index contributed by atoms with van der Waals surface area (Å²) in [4.78, 5) is 9.11. The van der Waals surface area contributed by atoms with E-state index in [4.69, 9.17) is 11.6 Å². The molecule has 3 rings (SSSR count). The maximum Gasteiger partial charge on any atom is 0.175 e. The number of hydrogen-bond donors (Lipinski definition) is 0. The van der Waals surface area contributed by atoms with Crippen LogP contribution in [0.4, 0.5) is 0 Å².